The van der Waals surface area contributed by atoms with Crippen molar-refractivity contribution < 1.29 is 9.26 Å². The van der Waals surface area contributed by atoms with Crippen molar-refractivity contribution in [2.24, 2.45) is 12.8 Å². The van der Waals surface area contributed by atoms with Gasteiger partial charge in [-0.15, -0.1) is 0 Å². The quantitative estimate of drug-likeness (QED) is 0.850. The first-order valence-corrected chi connectivity index (χ1v) is 5.76. The van der Waals surface area contributed by atoms with Crippen LogP contribution in [0.15, 0.2) is 16.9 Å². The fraction of sp³-hybridized carbons (Fsp3) is 0.545. The maximum Gasteiger partial charge on any atom is 0.248 e. The van der Waals surface area contributed by atoms with Gasteiger partial charge in [0.25, 0.3) is 0 Å². The molecule has 0 fully saturated rings. The Hall–Kier alpha value is -1.73. The number of rotatable bonds is 5. The molecular weight excluding hydrogens is 234 g/mol. The Bertz CT molecular complexity index is 503. The van der Waals surface area contributed by atoms with Crippen LogP contribution in [-0.2, 0) is 11.8 Å². The van der Waals surface area contributed by atoms with Crippen molar-refractivity contribution in [3.8, 4) is 0 Å². The van der Waals surface area contributed by atoms with E-state index in [0.717, 1.165) is 12.0 Å². The molecule has 0 amide bonds. The first kappa shape index (κ1) is 12.7. The maximum absolute atomic E-state index is 6.04. The van der Waals surface area contributed by atoms with E-state index in [0.29, 0.717) is 11.7 Å². The number of ether oxygens (including phenoxy) is 1. The van der Waals surface area contributed by atoms with E-state index in [4.69, 9.17) is 15.0 Å². The van der Waals surface area contributed by atoms with Crippen LogP contribution in [0, 0.1) is 0 Å². The van der Waals surface area contributed by atoms with Crippen molar-refractivity contribution in [1.82, 2.24) is 19.9 Å². The van der Waals surface area contributed by atoms with Gasteiger partial charge in [0.1, 0.15) is 12.1 Å². The number of aryl methyl sites for hydroxylation is 1. The molecule has 2 rings (SSSR count). The maximum atomic E-state index is 6.04. The van der Waals surface area contributed by atoms with Crippen molar-refractivity contribution in [3.63, 3.8) is 0 Å². The Kier molecular flexibility index (Phi) is 3.73. The largest absolute Gasteiger partial charge is 0.373 e. The summed E-state index contributed by atoms with van der Waals surface area (Å²) in [4.78, 5) is 4.27. The van der Waals surface area contributed by atoms with E-state index < -0.39 is 6.04 Å². The van der Waals surface area contributed by atoms with E-state index in [1.165, 1.54) is 0 Å². The van der Waals surface area contributed by atoms with Crippen molar-refractivity contribution in [1.29, 1.82) is 0 Å². The summed E-state index contributed by atoms with van der Waals surface area (Å²) in [5.41, 5.74) is 6.87. The first-order chi connectivity index (χ1) is 8.65. The van der Waals surface area contributed by atoms with Crippen LogP contribution in [0.25, 0.3) is 0 Å². The predicted octanol–water partition coefficient (Wildman–Crippen LogP) is 0.949. The zero-order chi connectivity index (χ0) is 13.1. The first-order valence-electron chi connectivity index (χ1n) is 5.76. The average molecular weight is 251 g/mol. The van der Waals surface area contributed by atoms with Gasteiger partial charge in [-0.05, 0) is 6.42 Å². The monoisotopic (exact) mass is 251 g/mol. The number of hydrogen-bond donors (Lipinski definition) is 1. The molecule has 0 aliphatic rings. The van der Waals surface area contributed by atoms with E-state index in [-0.39, 0.29) is 6.10 Å². The lowest BCUT2D eigenvalue weighted by Crippen LogP contribution is -2.12. The third-order valence-electron chi connectivity index (χ3n) is 2.75. The molecule has 0 spiro atoms. The Morgan fingerprint density at radius 3 is 2.89 bits per heavy atom. The summed E-state index contributed by atoms with van der Waals surface area (Å²) in [6, 6.07) is -0.464. The van der Waals surface area contributed by atoms with E-state index in [1.54, 1.807) is 18.0 Å². The van der Waals surface area contributed by atoms with Gasteiger partial charge in [-0.1, -0.05) is 12.1 Å². The van der Waals surface area contributed by atoms with Crippen LogP contribution in [-0.4, -0.2) is 27.0 Å². The fourth-order valence-corrected chi connectivity index (χ4v) is 1.70. The van der Waals surface area contributed by atoms with Gasteiger partial charge in [0.2, 0.25) is 11.7 Å². The van der Waals surface area contributed by atoms with Crippen LogP contribution >= 0.6 is 0 Å². The number of nitrogens with zero attached hydrogens (tertiary/aromatic N) is 4. The molecule has 18 heavy (non-hydrogen) atoms. The molecule has 2 heterocycles. The van der Waals surface area contributed by atoms with Crippen molar-refractivity contribution in [2.45, 2.75) is 25.5 Å². The molecule has 2 aromatic heterocycles. The van der Waals surface area contributed by atoms with Crippen LogP contribution < -0.4 is 5.73 Å². The van der Waals surface area contributed by atoms with Gasteiger partial charge < -0.3 is 15.0 Å². The average Bonchev–Trinajstić information content (AvgIpc) is 2.99. The fourth-order valence-electron chi connectivity index (χ4n) is 1.70. The van der Waals surface area contributed by atoms with Gasteiger partial charge in [-0.2, -0.15) is 10.1 Å². The zero-order valence-corrected chi connectivity index (χ0v) is 10.7. The molecule has 2 unspecified atom stereocenters. The molecule has 98 valence electrons. The minimum Gasteiger partial charge on any atom is -0.373 e. The van der Waals surface area contributed by atoms with Gasteiger partial charge in [0.15, 0.2) is 0 Å². The van der Waals surface area contributed by atoms with Gasteiger partial charge in [-0.3, -0.25) is 4.68 Å². The molecule has 2 aromatic rings. The lowest BCUT2D eigenvalue weighted by Gasteiger charge is -2.06. The highest BCUT2D eigenvalue weighted by molar-refractivity contribution is 5.17. The summed E-state index contributed by atoms with van der Waals surface area (Å²) in [7, 11) is 3.44. The molecule has 0 bridgehead atoms. The Labute approximate surface area is 105 Å². The standard InChI is InChI=1S/C11H17N5O2/c1-4-8(17-3)10-14-11(18-15-10)9(12)7-5-13-16(2)6-7/h5-6,8-9H,4,12H2,1-3H3. The highest BCUT2D eigenvalue weighted by Gasteiger charge is 2.21. The minimum absolute atomic E-state index is 0.163. The second kappa shape index (κ2) is 5.28. The number of methoxy groups -OCH3 is 1. The highest BCUT2D eigenvalue weighted by atomic mass is 16.5. The SMILES string of the molecule is CCC(OC)c1noc(C(N)c2cnn(C)c2)n1. The summed E-state index contributed by atoms with van der Waals surface area (Å²) >= 11 is 0. The lowest BCUT2D eigenvalue weighted by atomic mass is 10.2. The number of hydrogen-bond acceptors (Lipinski definition) is 6. The summed E-state index contributed by atoms with van der Waals surface area (Å²) in [5, 5.41) is 7.95. The molecular formula is C11H17N5O2. The molecule has 0 aliphatic heterocycles. The van der Waals surface area contributed by atoms with Gasteiger partial charge in [-0.25, -0.2) is 0 Å². The number of nitrogens with two attached hydrogens (primary N) is 1. The van der Waals surface area contributed by atoms with Crippen molar-refractivity contribution in [3.05, 3.63) is 29.7 Å². The third-order valence-corrected chi connectivity index (χ3v) is 2.75. The molecule has 0 aromatic carbocycles. The van der Waals surface area contributed by atoms with Gasteiger partial charge in [0, 0.05) is 25.9 Å². The van der Waals surface area contributed by atoms with E-state index in [9.17, 15) is 0 Å². The van der Waals surface area contributed by atoms with Crippen LogP contribution in [0.4, 0.5) is 0 Å². The van der Waals surface area contributed by atoms with Crippen LogP contribution in [0.5, 0.6) is 0 Å². The molecule has 7 nitrogen and oxygen atoms in total. The second-order valence-electron chi connectivity index (χ2n) is 4.05. The van der Waals surface area contributed by atoms with Crippen LogP contribution in [0.2, 0.25) is 0 Å². The molecule has 0 radical (unpaired) electrons. The molecule has 2 atom stereocenters. The highest BCUT2D eigenvalue weighted by Crippen LogP contribution is 2.21. The van der Waals surface area contributed by atoms with Gasteiger partial charge in [0.05, 0.1) is 6.20 Å². The van der Waals surface area contributed by atoms with E-state index >= 15 is 0 Å². The molecule has 7 heteroatoms. The summed E-state index contributed by atoms with van der Waals surface area (Å²) in [6.07, 6.45) is 4.12. The normalized spacial score (nSPS) is 14.7. The third kappa shape index (κ3) is 2.41. The van der Waals surface area contributed by atoms with Crippen molar-refractivity contribution >= 4 is 0 Å². The number of aromatic nitrogens is 4. The molecule has 0 aliphatic carbocycles. The lowest BCUT2D eigenvalue weighted by molar-refractivity contribution is 0.0903. The van der Waals surface area contributed by atoms with Crippen molar-refractivity contribution in [2.75, 3.05) is 7.11 Å². The zero-order valence-electron chi connectivity index (χ0n) is 10.7. The second-order valence-corrected chi connectivity index (χ2v) is 4.05. The van der Waals surface area contributed by atoms with Crippen LogP contribution in [0.3, 0.4) is 0 Å². The van der Waals surface area contributed by atoms with Crippen LogP contribution in [0.1, 0.15) is 42.8 Å². The summed E-state index contributed by atoms with van der Waals surface area (Å²) in [5.74, 6) is 0.892. The molecule has 2 N–H and O–H groups in total. The summed E-state index contributed by atoms with van der Waals surface area (Å²) < 4.78 is 12.1. The Morgan fingerprint density at radius 2 is 2.33 bits per heavy atom. The van der Waals surface area contributed by atoms with E-state index in [2.05, 4.69) is 15.2 Å². The topological polar surface area (TPSA) is 92.0 Å². The Morgan fingerprint density at radius 1 is 1.56 bits per heavy atom. The van der Waals surface area contributed by atoms with Gasteiger partial charge >= 0.3 is 0 Å². The Balaban J connectivity index is 2.19. The molecule has 0 saturated carbocycles. The predicted molar refractivity (Wildman–Crippen MR) is 63.6 cm³/mol. The smallest absolute Gasteiger partial charge is 0.248 e. The summed E-state index contributed by atoms with van der Waals surface area (Å²) in [6.45, 7) is 1.99. The molecule has 0 saturated heterocycles. The minimum atomic E-state index is -0.464. The van der Waals surface area contributed by atoms with E-state index in [1.807, 2.05) is 20.2 Å².